The lowest BCUT2D eigenvalue weighted by atomic mass is 10.2. The number of amides is 2. The summed E-state index contributed by atoms with van der Waals surface area (Å²) in [5.74, 6) is -1.69. The fourth-order valence-corrected chi connectivity index (χ4v) is 2.06. The van der Waals surface area contributed by atoms with Crippen LogP contribution >= 0.6 is 11.3 Å². The van der Waals surface area contributed by atoms with Crippen molar-refractivity contribution in [1.29, 1.82) is 0 Å². The van der Waals surface area contributed by atoms with Crippen LogP contribution in [0.15, 0.2) is 17.5 Å². The van der Waals surface area contributed by atoms with E-state index in [9.17, 15) is 14.4 Å². The summed E-state index contributed by atoms with van der Waals surface area (Å²) in [6.45, 7) is 0.373. The molecule has 0 aromatic carbocycles. The number of hydrogen-bond acceptors (Lipinski definition) is 4. The summed E-state index contributed by atoms with van der Waals surface area (Å²) >= 11 is 1.28. The van der Waals surface area contributed by atoms with Crippen molar-refractivity contribution in [2.24, 2.45) is 5.73 Å². The molecule has 1 heterocycles. The van der Waals surface area contributed by atoms with Crippen LogP contribution in [-0.2, 0) is 9.59 Å². The van der Waals surface area contributed by atoms with Crippen LogP contribution in [-0.4, -0.2) is 29.4 Å². The Hall–Kier alpha value is -2.15. The van der Waals surface area contributed by atoms with Crippen molar-refractivity contribution in [3.8, 4) is 0 Å². The molecule has 0 saturated heterocycles. The fourth-order valence-electron chi connectivity index (χ4n) is 1.28. The van der Waals surface area contributed by atoms with Crippen LogP contribution in [0, 0.1) is 0 Å². The minimum atomic E-state index is -1.04. The third-order valence-electron chi connectivity index (χ3n) is 2.16. The maximum atomic E-state index is 11.7. The third-order valence-corrected chi connectivity index (χ3v) is 3.06. The summed E-state index contributed by atoms with van der Waals surface area (Å²) in [5, 5.41) is 12.8. The molecular weight excluding hydrogens is 268 g/mol. The summed E-state index contributed by atoms with van der Waals surface area (Å²) in [6.07, 6.45) is 3.17. The second kappa shape index (κ2) is 7.32. The molecule has 0 unspecified atom stereocenters. The summed E-state index contributed by atoms with van der Waals surface area (Å²) in [7, 11) is 0. The van der Waals surface area contributed by atoms with Crippen molar-refractivity contribution in [2.45, 2.75) is 12.8 Å². The van der Waals surface area contributed by atoms with Gasteiger partial charge in [-0.2, -0.15) is 0 Å². The van der Waals surface area contributed by atoms with Crippen molar-refractivity contribution in [3.05, 3.63) is 28.0 Å². The first-order chi connectivity index (χ1) is 8.99. The van der Waals surface area contributed by atoms with Gasteiger partial charge in [0.2, 0.25) is 5.91 Å². The molecule has 0 aliphatic heterocycles. The number of nitrogens with one attached hydrogen (secondary N) is 1. The van der Waals surface area contributed by atoms with Gasteiger partial charge in [-0.25, -0.2) is 4.79 Å². The molecule has 1 aromatic heterocycles. The van der Waals surface area contributed by atoms with Gasteiger partial charge in [0.05, 0.1) is 5.56 Å². The molecule has 0 spiro atoms. The summed E-state index contributed by atoms with van der Waals surface area (Å²) < 4.78 is 0. The molecule has 4 N–H and O–H groups in total. The largest absolute Gasteiger partial charge is 0.478 e. The van der Waals surface area contributed by atoms with Crippen molar-refractivity contribution >= 4 is 35.2 Å². The number of carboxylic acid groups (broad SMARTS) is 1. The highest BCUT2D eigenvalue weighted by Crippen LogP contribution is 2.16. The molecule has 0 aliphatic rings. The Bertz CT molecular complexity index is 508. The van der Waals surface area contributed by atoms with Gasteiger partial charge in [0.1, 0.15) is 0 Å². The van der Waals surface area contributed by atoms with Crippen LogP contribution in [0.3, 0.4) is 0 Å². The van der Waals surface area contributed by atoms with Crippen LogP contribution in [0.5, 0.6) is 0 Å². The van der Waals surface area contributed by atoms with E-state index in [0.717, 1.165) is 6.08 Å². The molecule has 1 aromatic rings. The molecule has 0 bridgehead atoms. The minimum absolute atomic E-state index is 0.233. The number of nitrogens with two attached hydrogens (primary N) is 1. The Morgan fingerprint density at radius 3 is 2.79 bits per heavy atom. The first kappa shape index (κ1) is 14.9. The molecule has 1 rings (SSSR count). The number of thiophene rings is 1. The zero-order valence-electron chi connectivity index (χ0n) is 10.1. The predicted octanol–water partition coefficient (Wildman–Crippen LogP) is 0.841. The zero-order valence-corrected chi connectivity index (χ0v) is 10.9. The predicted molar refractivity (Wildman–Crippen MR) is 71.8 cm³/mol. The number of carboxylic acids is 1. The van der Waals surface area contributed by atoms with Crippen molar-refractivity contribution < 1.29 is 19.5 Å². The Kier molecular flexibility index (Phi) is 5.74. The van der Waals surface area contributed by atoms with Gasteiger partial charge in [-0.05, 0) is 18.6 Å². The van der Waals surface area contributed by atoms with Gasteiger partial charge < -0.3 is 16.2 Å². The molecule has 7 heteroatoms. The van der Waals surface area contributed by atoms with Crippen LogP contribution in [0.25, 0.3) is 6.08 Å². The Labute approximate surface area is 113 Å². The van der Waals surface area contributed by atoms with E-state index in [0.29, 0.717) is 23.4 Å². The van der Waals surface area contributed by atoms with Gasteiger partial charge in [-0.3, -0.25) is 9.59 Å². The lowest BCUT2D eigenvalue weighted by Crippen LogP contribution is -2.25. The van der Waals surface area contributed by atoms with E-state index in [4.69, 9.17) is 10.8 Å². The molecule has 0 aliphatic carbocycles. The quantitative estimate of drug-likeness (QED) is 0.508. The smallest absolute Gasteiger partial charge is 0.328 e. The van der Waals surface area contributed by atoms with Gasteiger partial charge in [0, 0.05) is 29.3 Å². The van der Waals surface area contributed by atoms with Crippen molar-refractivity contribution in [2.75, 3.05) is 6.54 Å². The SMILES string of the molecule is NC(=O)CCCNC(=O)c1csc(C=CC(=O)O)c1. The lowest BCUT2D eigenvalue weighted by molar-refractivity contribution is -0.131. The highest BCUT2D eigenvalue weighted by molar-refractivity contribution is 7.11. The number of carbonyl (C=O) groups excluding carboxylic acids is 2. The Morgan fingerprint density at radius 2 is 2.16 bits per heavy atom. The second-order valence-electron chi connectivity index (χ2n) is 3.74. The number of primary amides is 1. The number of carbonyl (C=O) groups is 3. The van der Waals surface area contributed by atoms with E-state index in [-0.39, 0.29) is 12.3 Å². The normalized spacial score (nSPS) is 10.5. The number of rotatable bonds is 7. The lowest BCUT2D eigenvalue weighted by Gasteiger charge is -2.01. The molecule has 6 nitrogen and oxygen atoms in total. The molecule has 0 atom stereocenters. The minimum Gasteiger partial charge on any atom is -0.478 e. The standard InChI is InChI=1S/C12H14N2O4S/c13-10(15)2-1-5-14-12(18)8-6-9(19-7-8)3-4-11(16)17/h3-4,6-7H,1-2,5H2,(H2,13,15)(H,14,18)(H,16,17). The maximum Gasteiger partial charge on any atom is 0.328 e. The summed E-state index contributed by atoms with van der Waals surface area (Å²) in [5.41, 5.74) is 5.44. The second-order valence-corrected chi connectivity index (χ2v) is 4.68. The van der Waals surface area contributed by atoms with Gasteiger partial charge in [0.25, 0.3) is 5.91 Å². The zero-order chi connectivity index (χ0) is 14.3. The average molecular weight is 282 g/mol. The number of aliphatic carboxylic acids is 1. The monoisotopic (exact) mass is 282 g/mol. The van der Waals surface area contributed by atoms with Gasteiger partial charge >= 0.3 is 5.97 Å². The molecule has 2 amide bonds. The van der Waals surface area contributed by atoms with Gasteiger partial charge in [-0.1, -0.05) is 0 Å². The molecule has 0 fully saturated rings. The van der Waals surface area contributed by atoms with Crippen LogP contribution in [0.4, 0.5) is 0 Å². The first-order valence-corrected chi connectivity index (χ1v) is 6.43. The highest BCUT2D eigenvalue weighted by Gasteiger charge is 2.07. The molecular formula is C12H14N2O4S. The molecule has 19 heavy (non-hydrogen) atoms. The fraction of sp³-hybridized carbons (Fsp3) is 0.250. The molecule has 0 saturated carbocycles. The Morgan fingerprint density at radius 1 is 1.42 bits per heavy atom. The summed E-state index contributed by atoms with van der Waals surface area (Å²) in [4.78, 5) is 33.2. The van der Waals surface area contributed by atoms with E-state index >= 15 is 0 Å². The van der Waals surface area contributed by atoms with Crippen LogP contribution in [0.2, 0.25) is 0 Å². The highest BCUT2D eigenvalue weighted by atomic mass is 32.1. The van der Waals surface area contributed by atoms with E-state index in [1.54, 1.807) is 11.4 Å². The number of hydrogen-bond donors (Lipinski definition) is 3. The first-order valence-electron chi connectivity index (χ1n) is 5.55. The van der Waals surface area contributed by atoms with Crippen LogP contribution < -0.4 is 11.1 Å². The summed E-state index contributed by atoms with van der Waals surface area (Å²) in [6, 6.07) is 1.60. The molecule has 0 radical (unpaired) electrons. The molecule has 102 valence electrons. The average Bonchev–Trinajstić information content (AvgIpc) is 2.80. The van der Waals surface area contributed by atoms with E-state index in [2.05, 4.69) is 5.32 Å². The third kappa shape index (κ3) is 5.82. The maximum absolute atomic E-state index is 11.7. The van der Waals surface area contributed by atoms with Crippen molar-refractivity contribution in [1.82, 2.24) is 5.32 Å². The van der Waals surface area contributed by atoms with E-state index in [1.165, 1.54) is 17.4 Å². The van der Waals surface area contributed by atoms with Gasteiger partial charge in [0.15, 0.2) is 0 Å². The van der Waals surface area contributed by atoms with Crippen LogP contribution in [0.1, 0.15) is 28.1 Å². The van der Waals surface area contributed by atoms with Gasteiger partial charge in [-0.15, -0.1) is 11.3 Å². The van der Waals surface area contributed by atoms with E-state index < -0.39 is 11.9 Å². The Balaban J connectivity index is 2.45. The van der Waals surface area contributed by atoms with Crippen molar-refractivity contribution in [3.63, 3.8) is 0 Å². The van der Waals surface area contributed by atoms with E-state index in [1.807, 2.05) is 0 Å². The topological polar surface area (TPSA) is 109 Å².